The highest BCUT2D eigenvalue weighted by Crippen LogP contribution is 2.26. The summed E-state index contributed by atoms with van der Waals surface area (Å²) in [6, 6.07) is 12.9. The Morgan fingerprint density at radius 3 is 2.55 bits per heavy atom. The second kappa shape index (κ2) is 8.00. The third kappa shape index (κ3) is 3.68. The lowest BCUT2D eigenvalue weighted by atomic mass is 10.1. The monoisotopic (exact) mass is 428 g/mol. The molecule has 0 saturated carbocycles. The number of aromatic amines is 1. The molecule has 3 aromatic rings. The Morgan fingerprint density at radius 1 is 1.14 bits per heavy atom. The van der Waals surface area contributed by atoms with Crippen molar-refractivity contribution >= 4 is 46.3 Å². The van der Waals surface area contributed by atoms with E-state index in [0.29, 0.717) is 54.0 Å². The van der Waals surface area contributed by atoms with E-state index in [4.69, 9.17) is 23.8 Å². The van der Waals surface area contributed by atoms with Gasteiger partial charge in [0.25, 0.3) is 11.5 Å². The molecule has 1 fully saturated rings. The molecule has 29 heavy (non-hydrogen) atoms. The molecular weight excluding hydrogens is 408 g/mol. The summed E-state index contributed by atoms with van der Waals surface area (Å²) in [6.07, 6.45) is 0. The average molecular weight is 429 g/mol. The van der Waals surface area contributed by atoms with E-state index < -0.39 is 0 Å². The van der Waals surface area contributed by atoms with E-state index in [-0.39, 0.29) is 11.5 Å². The van der Waals surface area contributed by atoms with Gasteiger partial charge in [0.2, 0.25) is 0 Å². The van der Waals surface area contributed by atoms with E-state index >= 15 is 0 Å². The summed E-state index contributed by atoms with van der Waals surface area (Å²) in [5.74, 6) is -0.0512. The van der Waals surface area contributed by atoms with Gasteiger partial charge in [-0.25, -0.2) is 0 Å². The number of H-pyrrole nitrogens is 1. The van der Waals surface area contributed by atoms with Crippen molar-refractivity contribution in [3.05, 3.63) is 68.2 Å². The van der Waals surface area contributed by atoms with E-state index in [0.717, 1.165) is 10.7 Å². The van der Waals surface area contributed by atoms with Crippen LogP contribution in [0.15, 0.2) is 47.3 Å². The number of para-hydroxylation sites is 1. The molecule has 0 spiro atoms. The molecule has 4 rings (SSSR count). The van der Waals surface area contributed by atoms with E-state index in [2.05, 4.69) is 9.88 Å². The number of nitrogens with zero attached hydrogens (tertiary/aromatic N) is 3. The van der Waals surface area contributed by atoms with Crippen LogP contribution in [0.4, 0.5) is 5.69 Å². The lowest BCUT2D eigenvalue weighted by Crippen LogP contribution is -2.48. The smallest absolute Gasteiger partial charge is 0.262 e. The number of hydrogen-bond acceptors (Lipinski definition) is 4. The minimum absolute atomic E-state index is 0.0512. The van der Waals surface area contributed by atoms with Gasteiger partial charge in [0, 0.05) is 38.3 Å². The Hall–Kier alpha value is -2.64. The van der Waals surface area contributed by atoms with Crippen LogP contribution < -0.4 is 10.5 Å². The molecule has 2 aromatic carbocycles. The van der Waals surface area contributed by atoms with Gasteiger partial charge in [-0.2, -0.15) is 0 Å². The zero-order valence-electron chi connectivity index (χ0n) is 16.0. The standard InChI is InChI=1S/C21H21ClN4O2S/c1-2-26-20(28)15-8-7-14(13-17(15)23-21(26)29)19(27)25-11-9-24(10-12-25)18-6-4-3-5-16(18)22/h3-8,13H,2,9-12H2,1H3,(H,23,29). The van der Waals surface area contributed by atoms with Crippen molar-refractivity contribution in [3.63, 3.8) is 0 Å². The van der Waals surface area contributed by atoms with E-state index in [1.807, 2.05) is 36.1 Å². The fourth-order valence-electron chi connectivity index (χ4n) is 3.72. The minimum Gasteiger partial charge on any atom is -0.367 e. The normalized spacial score (nSPS) is 14.4. The van der Waals surface area contributed by atoms with Crippen LogP contribution in [0, 0.1) is 4.77 Å². The van der Waals surface area contributed by atoms with Crippen LogP contribution in [0.2, 0.25) is 5.02 Å². The highest BCUT2D eigenvalue weighted by atomic mass is 35.5. The van der Waals surface area contributed by atoms with Crippen LogP contribution in [0.3, 0.4) is 0 Å². The molecule has 1 aromatic heterocycles. The number of aromatic nitrogens is 2. The second-order valence-electron chi connectivity index (χ2n) is 6.97. The SMILES string of the molecule is CCn1c(=S)[nH]c2cc(C(=O)N3CCN(c4ccccc4Cl)CC3)ccc2c1=O. The summed E-state index contributed by atoms with van der Waals surface area (Å²) < 4.78 is 1.87. The predicted octanol–water partition coefficient (Wildman–Crippen LogP) is 3.69. The van der Waals surface area contributed by atoms with Crippen molar-refractivity contribution in [2.45, 2.75) is 13.5 Å². The van der Waals surface area contributed by atoms with Gasteiger partial charge in [-0.15, -0.1) is 0 Å². The summed E-state index contributed by atoms with van der Waals surface area (Å²) in [6.45, 7) is 5.02. The van der Waals surface area contributed by atoms with Crippen molar-refractivity contribution in [2.75, 3.05) is 31.1 Å². The number of carbonyl (C=O) groups excluding carboxylic acids is 1. The number of carbonyl (C=O) groups is 1. The zero-order valence-corrected chi connectivity index (χ0v) is 17.6. The highest BCUT2D eigenvalue weighted by Gasteiger charge is 2.23. The van der Waals surface area contributed by atoms with Gasteiger partial charge in [-0.1, -0.05) is 23.7 Å². The van der Waals surface area contributed by atoms with Crippen LogP contribution in [0.25, 0.3) is 10.9 Å². The Balaban J connectivity index is 1.55. The number of rotatable bonds is 3. The van der Waals surface area contributed by atoms with Crippen molar-refractivity contribution in [1.82, 2.24) is 14.5 Å². The van der Waals surface area contributed by atoms with Gasteiger partial charge in [-0.3, -0.25) is 14.2 Å². The number of halogens is 1. The fraction of sp³-hybridized carbons (Fsp3) is 0.286. The molecule has 6 nitrogen and oxygen atoms in total. The first-order valence-electron chi connectivity index (χ1n) is 9.55. The quantitative estimate of drug-likeness (QED) is 0.646. The average Bonchev–Trinajstić information content (AvgIpc) is 2.73. The molecule has 150 valence electrons. The van der Waals surface area contributed by atoms with E-state index in [1.165, 1.54) is 4.57 Å². The van der Waals surface area contributed by atoms with Gasteiger partial charge in [0.15, 0.2) is 4.77 Å². The number of nitrogens with one attached hydrogen (secondary N) is 1. The maximum absolute atomic E-state index is 13.0. The molecule has 1 saturated heterocycles. The van der Waals surface area contributed by atoms with Crippen LogP contribution in [0.1, 0.15) is 17.3 Å². The Labute approximate surface area is 178 Å². The van der Waals surface area contributed by atoms with Gasteiger partial charge >= 0.3 is 0 Å². The van der Waals surface area contributed by atoms with Gasteiger partial charge < -0.3 is 14.8 Å². The molecule has 0 atom stereocenters. The van der Waals surface area contributed by atoms with Gasteiger partial charge in [-0.05, 0) is 49.5 Å². The number of amides is 1. The lowest BCUT2D eigenvalue weighted by molar-refractivity contribution is 0.0747. The molecular formula is C21H21ClN4O2S. The van der Waals surface area contributed by atoms with Crippen molar-refractivity contribution in [2.24, 2.45) is 0 Å². The van der Waals surface area contributed by atoms with Crippen LogP contribution in [0.5, 0.6) is 0 Å². The first-order chi connectivity index (χ1) is 14.0. The number of hydrogen-bond donors (Lipinski definition) is 1. The topological polar surface area (TPSA) is 61.3 Å². The summed E-state index contributed by atoms with van der Waals surface area (Å²) in [5, 5.41) is 1.25. The molecule has 0 aliphatic carbocycles. The molecule has 2 heterocycles. The van der Waals surface area contributed by atoms with Crippen LogP contribution in [-0.2, 0) is 6.54 Å². The zero-order chi connectivity index (χ0) is 20.5. The highest BCUT2D eigenvalue weighted by molar-refractivity contribution is 7.71. The number of benzene rings is 2. The van der Waals surface area contributed by atoms with Gasteiger partial charge in [0.05, 0.1) is 21.6 Å². The van der Waals surface area contributed by atoms with Crippen LogP contribution in [-0.4, -0.2) is 46.5 Å². The Morgan fingerprint density at radius 2 is 1.86 bits per heavy atom. The fourth-order valence-corrected chi connectivity index (χ4v) is 4.29. The number of anilines is 1. The summed E-state index contributed by atoms with van der Waals surface area (Å²) in [7, 11) is 0. The summed E-state index contributed by atoms with van der Waals surface area (Å²) >= 11 is 11.6. The maximum atomic E-state index is 13.0. The molecule has 1 aliphatic heterocycles. The van der Waals surface area contributed by atoms with Crippen LogP contribution >= 0.6 is 23.8 Å². The number of piperazine rings is 1. The molecule has 1 aliphatic rings. The first kappa shape index (κ1) is 19.7. The summed E-state index contributed by atoms with van der Waals surface area (Å²) in [5.41, 5.74) is 1.98. The van der Waals surface area contributed by atoms with E-state index in [1.54, 1.807) is 18.2 Å². The minimum atomic E-state index is -0.140. The maximum Gasteiger partial charge on any atom is 0.262 e. The van der Waals surface area contributed by atoms with Gasteiger partial charge in [0.1, 0.15) is 0 Å². The largest absolute Gasteiger partial charge is 0.367 e. The summed E-state index contributed by atoms with van der Waals surface area (Å²) in [4.78, 5) is 32.6. The second-order valence-corrected chi connectivity index (χ2v) is 7.76. The molecule has 1 amide bonds. The lowest BCUT2D eigenvalue weighted by Gasteiger charge is -2.36. The molecule has 0 radical (unpaired) electrons. The Kier molecular flexibility index (Phi) is 5.43. The van der Waals surface area contributed by atoms with Crippen molar-refractivity contribution in [1.29, 1.82) is 0 Å². The third-order valence-corrected chi connectivity index (χ3v) is 5.95. The molecule has 0 bridgehead atoms. The van der Waals surface area contributed by atoms with Crippen molar-refractivity contribution in [3.8, 4) is 0 Å². The molecule has 0 unspecified atom stereocenters. The van der Waals surface area contributed by atoms with Crippen molar-refractivity contribution < 1.29 is 4.79 Å². The molecule has 1 N–H and O–H groups in total. The predicted molar refractivity (Wildman–Crippen MR) is 119 cm³/mol. The van der Waals surface area contributed by atoms with E-state index in [9.17, 15) is 9.59 Å². The molecule has 8 heteroatoms. The number of fused-ring (bicyclic) bond motifs is 1. The third-order valence-electron chi connectivity index (χ3n) is 5.31. The Bertz CT molecular complexity index is 1200. The first-order valence-corrected chi connectivity index (χ1v) is 10.3.